The highest BCUT2D eigenvalue weighted by atomic mass is 31.2. The molecule has 1 unspecified atom stereocenters. The van der Waals surface area contributed by atoms with Crippen molar-refractivity contribution in [2.45, 2.75) is 185 Å². The lowest BCUT2D eigenvalue weighted by molar-refractivity contribution is -0.297. The fraction of sp³-hybridized carbons (Fsp3) is 0.833. The van der Waals surface area contributed by atoms with Crippen LogP contribution in [0.2, 0.25) is 0 Å². The van der Waals surface area contributed by atoms with Gasteiger partial charge in [0, 0.05) is 27.2 Å². The van der Waals surface area contributed by atoms with Gasteiger partial charge in [-0.15, -0.1) is 13.2 Å². The lowest BCUT2D eigenvalue weighted by Gasteiger charge is -2.44. The summed E-state index contributed by atoms with van der Waals surface area (Å²) in [5.74, 6) is -0.488. The third-order valence-electron chi connectivity index (χ3n) is 9.52. The lowest BCUT2D eigenvalue weighted by Crippen LogP contribution is -2.61. The summed E-state index contributed by atoms with van der Waals surface area (Å²) in [5.41, 5.74) is 0. The summed E-state index contributed by atoms with van der Waals surface area (Å²) in [7, 11) is -1.09. The fourth-order valence-electron chi connectivity index (χ4n) is 6.41. The predicted octanol–water partition coefficient (Wildman–Crippen LogP) is 10.3. The van der Waals surface area contributed by atoms with Gasteiger partial charge in [0.05, 0.1) is 25.9 Å². The maximum absolute atomic E-state index is 13.8. The highest BCUT2D eigenvalue weighted by Crippen LogP contribution is 2.52. The van der Waals surface area contributed by atoms with Crippen LogP contribution in [-0.2, 0) is 46.6 Å². The SMILES string of the molecule is C=CCOP(=O)(OCC=C)O[C@H]1[C@H](OCC[C@@H](CCCCCCC)OC)[C@@H](OC(=O)CCCCCCCCC/C=C\CCCCCC)C(O)O[C@@H]1COC. The van der Waals surface area contributed by atoms with E-state index in [0.717, 1.165) is 44.9 Å². The predicted molar refractivity (Wildman–Crippen MR) is 215 cm³/mol. The number of carbonyl (C=O) groups is 1. The van der Waals surface area contributed by atoms with Crippen LogP contribution in [0, 0.1) is 0 Å². The number of phosphoric acid groups is 1. The molecule has 1 N–H and O–H groups in total. The number of aliphatic hydroxyl groups is 1. The minimum absolute atomic E-state index is 0.0422. The average Bonchev–Trinajstić information content (AvgIpc) is 3.16. The highest BCUT2D eigenvalue weighted by molar-refractivity contribution is 7.48. The zero-order chi connectivity index (χ0) is 39.7. The maximum Gasteiger partial charge on any atom is 0.475 e. The summed E-state index contributed by atoms with van der Waals surface area (Å²) in [6, 6.07) is 0. The normalized spacial score (nSPS) is 21.0. The molecule has 1 heterocycles. The summed E-state index contributed by atoms with van der Waals surface area (Å²) >= 11 is 0. The number of hydrogen-bond acceptors (Lipinski definition) is 11. The third kappa shape index (κ3) is 23.6. The minimum Gasteiger partial charge on any atom is -0.454 e. The molecule has 0 radical (unpaired) electrons. The molecule has 0 aromatic rings. The van der Waals surface area contributed by atoms with Crippen molar-refractivity contribution in [1.29, 1.82) is 0 Å². The van der Waals surface area contributed by atoms with Gasteiger partial charge in [-0.3, -0.25) is 18.4 Å². The standard InChI is InChI=1S/C42H77O11P/c1-7-11-13-15-16-17-18-19-20-21-22-23-24-26-28-30-38(43)52-41-40(48-34-31-36(47-6)29-27-25-14-12-8-2)39(37(35-46-5)51-42(41)44)53-54(45,49-32-9-3)50-33-10-4/h9-10,17-18,36-37,39-42,44H,3-4,7-8,11-16,19-35H2,1-2,5-6H3/b18-17-/t36-,37-,39-,40+,41-,42?/m1/s1. The van der Waals surface area contributed by atoms with Crippen LogP contribution in [-0.4, -0.2) is 88.5 Å². The number of hydrogen-bond donors (Lipinski definition) is 1. The Kier molecular flexibility index (Phi) is 31.6. The molecule has 316 valence electrons. The van der Waals surface area contributed by atoms with E-state index in [1.165, 1.54) is 89.9 Å². The molecule has 1 aliphatic heterocycles. The monoisotopic (exact) mass is 789 g/mol. The molecule has 1 rings (SSSR count). The first-order valence-corrected chi connectivity index (χ1v) is 22.4. The summed E-state index contributed by atoms with van der Waals surface area (Å²) in [4.78, 5) is 13.2. The quantitative estimate of drug-likeness (QED) is 0.0280. The number of carbonyl (C=O) groups excluding carboxylic acids is 1. The third-order valence-corrected chi connectivity index (χ3v) is 10.9. The van der Waals surface area contributed by atoms with Crippen molar-refractivity contribution in [3.05, 3.63) is 37.5 Å². The molecular weight excluding hydrogens is 711 g/mol. The van der Waals surface area contributed by atoms with Crippen LogP contribution in [0.5, 0.6) is 0 Å². The molecule has 1 saturated heterocycles. The number of unbranched alkanes of at least 4 members (excludes halogenated alkanes) is 15. The summed E-state index contributed by atoms with van der Waals surface area (Å²) < 4.78 is 59.9. The lowest BCUT2D eigenvalue weighted by atomic mass is 9.98. The number of aliphatic hydroxyl groups excluding tert-OH is 1. The summed E-state index contributed by atoms with van der Waals surface area (Å²) in [6.45, 7) is 11.6. The molecule has 12 heteroatoms. The van der Waals surface area contributed by atoms with Crippen LogP contribution in [0.1, 0.15) is 149 Å². The van der Waals surface area contributed by atoms with Crippen LogP contribution < -0.4 is 0 Å². The zero-order valence-corrected chi connectivity index (χ0v) is 35.2. The zero-order valence-electron chi connectivity index (χ0n) is 34.3. The van der Waals surface area contributed by atoms with E-state index in [1.807, 2.05) is 0 Å². The minimum atomic E-state index is -4.24. The molecule has 0 aromatic carbocycles. The van der Waals surface area contributed by atoms with E-state index in [1.54, 1.807) is 7.11 Å². The van der Waals surface area contributed by atoms with Gasteiger partial charge in [-0.2, -0.15) is 0 Å². The Morgan fingerprint density at radius 2 is 1.31 bits per heavy atom. The Morgan fingerprint density at radius 1 is 0.759 bits per heavy atom. The highest BCUT2D eigenvalue weighted by Gasteiger charge is 2.52. The smallest absolute Gasteiger partial charge is 0.454 e. The van der Waals surface area contributed by atoms with Crippen LogP contribution in [0.3, 0.4) is 0 Å². The molecular formula is C42H77O11P. The van der Waals surface area contributed by atoms with Crippen molar-refractivity contribution in [3.63, 3.8) is 0 Å². The number of allylic oxidation sites excluding steroid dienone is 2. The second kappa shape index (κ2) is 33.7. The van der Waals surface area contributed by atoms with E-state index in [0.29, 0.717) is 12.8 Å². The van der Waals surface area contributed by atoms with Crippen molar-refractivity contribution >= 4 is 13.8 Å². The van der Waals surface area contributed by atoms with Gasteiger partial charge in [0.2, 0.25) is 0 Å². The molecule has 6 atom stereocenters. The summed E-state index contributed by atoms with van der Waals surface area (Å²) in [5, 5.41) is 11.2. The second-order valence-electron chi connectivity index (χ2n) is 14.2. The molecule has 0 saturated carbocycles. The number of ether oxygens (including phenoxy) is 5. The molecule has 1 aliphatic rings. The van der Waals surface area contributed by atoms with Crippen LogP contribution in [0.25, 0.3) is 0 Å². The van der Waals surface area contributed by atoms with Gasteiger partial charge in [-0.1, -0.05) is 122 Å². The summed E-state index contributed by atoms with van der Waals surface area (Å²) in [6.07, 6.45) is 23.7. The largest absolute Gasteiger partial charge is 0.475 e. The molecule has 0 aromatic heterocycles. The van der Waals surface area contributed by atoms with E-state index in [9.17, 15) is 14.5 Å². The first-order valence-electron chi connectivity index (χ1n) is 20.9. The number of esters is 1. The van der Waals surface area contributed by atoms with Crippen LogP contribution in [0.4, 0.5) is 0 Å². The van der Waals surface area contributed by atoms with Gasteiger partial charge in [-0.25, -0.2) is 4.57 Å². The van der Waals surface area contributed by atoms with Crippen molar-refractivity contribution in [2.75, 3.05) is 40.6 Å². The molecule has 0 amide bonds. The first-order chi connectivity index (χ1) is 26.3. The van der Waals surface area contributed by atoms with E-state index < -0.39 is 44.5 Å². The van der Waals surface area contributed by atoms with E-state index in [-0.39, 0.29) is 39.0 Å². The Balaban J connectivity index is 2.86. The fourth-order valence-corrected chi connectivity index (χ4v) is 7.74. The molecule has 54 heavy (non-hydrogen) atoms. The van der Waals surface area contributed by atoms with E-state index in [4.69, 9.17) is 37.3 Å². The van der Waals surface area contributed by atoms with Gasteiger partial charge in [0.1, 0.15) is 18.3 Å². The van der Waals surface area contributed by atoms with Crippen LogP contribution >= 0.6 is 7.82 Å². The van der Waals surface area contributed by atoms with E-state index >= 15 is 0 Å². The maximum atomic E-state index is 13.8. The Labute approximate surface area is 328 Å². The Morgan fingerprint density at radius 3 is 1.89 bits per heavy atom. The van der Waals surface area contributed by atoms with Crippen molar-refractivity contribution in [2.24, 2.45) is 0 Å². The van der Waals surface area contributed by atoms with Crippen molar-refractivity contribution < 1.29 is 51.7 Å². The second-order valence-corrected chi connectivity index (χ2v) is 15.8. The molecule has 0 spiro atoms. The van der Waals surface area contributed by atoms with E-state index in [2.05, 4.69) is 39.2 Å². The van der Waals surface area contributed by atoms with Crippen molar-refractivity contribution in [3.8, 4) is 0 Å². The van der Waals surface area contributed by atoms with Crippen molar-refractivity contribution in [1.82, 2.24) is 0 Å². The number of phosphoric ester groups is 1. The number of methoxy groups -OCH3 is 2. The van der Waals surface area contributed by atoms with Gasteiger partial charge in [0.15, 0.2) is 12.4 Å². The Hall–Kier alpha value is -1.40. The average molecular weight is 789 g/mol. The first kappa shape index (κ1) is 50.6. The number of rotatable bonds is 37. The van der Waals surface area contributed by atoms with Gasteiger partial charge in [0.25, 0.3) is 0 Å². The molecule has 0 aliphatic carbocycles. The van der Waals surface area contributed by atoms with Crippen LogP contribution in [0.15, 0.2) is 37.5 Å². The molecule has 11 nitrogen and oxygen atoms in total. The molecule has 1 fully saturated rings. The van der Waals surface area contributed by atoms with Gasteiger partial charge < -0.3 is 28.8 Å². The molecule has 0 bridgehead atoms. The topological polar surface area (TPSA) is 128 Å². The Bertz CT molecular complexity index is 993. The van der Waals surface area contributed by atoms with Gasteiger partial charge >= 0.3 is 13.8 Å². The van der Waals surface area contributed by atoms with Gasteiger partial charge in [-0.05, 0) is 44.9 Å².